The highest BCUT2D eigenvalue weighted by Gasteiger charge is 2.25. The summed E-state index contributed by atoms with van der Waals surface area (Å²) in [5, 5.41) is 13.4. The standard InChI is InChI=1S/C19H23NO2/c1-22-19-12-6-9-15-16(19)10-5-11-17(15)20-18(13-21)14-7-3-2-4-8-14/h2-4,6-9,12,17-18,20-21H,5,10-11,13H2,1H3/t17-,18?/m1/s1. The summed E-state index contributed by atoms with van der Waals surface area (Å²) in [6, 6.07) is 16.6. The van der Waals surface area contributed by atoms with Crippen LogP contribution in [0.5, 0.6) is 5.75 Å². The van der Waals surface area contributed by atoms with Gasteiger partial charge in [-0.3, -0.25) is 0 Å². The molecule has 3 heteroatoms. The van der Waals surface area contributed by atoms with Crippen LogP contribution in [0, 0.1) is 0 Å². The Kier molecular flexibility index (Phi) is 4.76. The van der Waals surface area contributed by atoms with Crippen LogP contribution in [0.4, 0.5) is 0 Å². The first-order chi connectivity index (χ1) is 10.8. The zero-order valence-corrected chi connectivity index (χ0v) is 13.0. The summed E-state index contributed by atoms with van der Waals surface area (Å²) in [7, 11) is 1.73. The first kappa shape index (κ1) is 15.1. The summed E-state index contributed by atoms with van der Waals surface area (Å²) in [5.41, 5.74) is 3.73. The maximum Gasteiger partial charge on any atom is 0.122 e. The van der Waals surface area contributed by atoms with E-state index < -0.39 is 0 Å². The fourth-order valence-electron chi connectivity index (χ4n) is 3.36. The first-order valence-electron chi connectivity index (χ1n) is 7.91. The van der Waals surface area contributed by atoms with Crippen LogP contribution in [0.2, 0.25) is 0 Å². The molecule has 0 heterocycles. The molecule has 2 aromatic carbocycles. The SMILES string of the molecule is COc1cccc2c1CCC[C@H]2NC(CO)c1ccccc1. The molecule has 1 aliphatic rings. The molecular weight excluding hydrogens is 274 g/mol. The van der Waals surface area contributed by atoms with Crippen molar-refractivity contribution in [2.45, 2.75) is 31.3 Å². The predicted molar refractivity (Wildman–Crippen MR) is 88.1 cm³/mol. The minimum atomic E-state index is -0.0386. The maximum atomic E-state index is 9.77. The number of aliphatic hydroxyl groups excluding tert-OH is 1. The van der Waals surface area contributed by atoms with E-state index in [0.717, 1.165) is 30.6 Å². The van der Waals surface area contributed by atoms with Crippen LogP contribution in [0.1, 0.15) is 41.6 Å². The van der Waals surface area contributed by atoms with Gasteiger partial charge in [0.1, 0.15) is 5.75 Å². The van der Waals surface area contributed by atoms with Crippen molar-refractivity contribution in [3.05, 3.63) is 65.2 Å². The highest BCUT2D eigenvalue weighted by molar-refractivity contribution is 5.43. The largest absolute Gasteiger partial charge is 0.496 e. The van der Waals surface area contributed by atoms with Crippen molar-refractivity contribution < 1.29 is 9.84 Å². The third kappa shape index (κ3) is 3.01. The molecule has 2 N–H and O–H groups in total. The zero-order chi connectivity index (χ0) is 15.4. The Morgan fingerprint density at radius 2 is 2.00 bits per heavy atom. The van der Waals surface area contributed by atoms with Gasteiger partial charge < -0.3 is 15.2 Å². The van der Waals surface area contributed by atoms with Crippen LogP contribution in [0.3, 0.4) is 0 Å². The van der Waals surface area contributed by atoms with Gasteiger partial charge in [0.2, 0.25) is 0 Å². The molecule has 0 radical (unpaired) electrons. The molecule has 0 aromatic heterocycles. The van der Waals surface area contributed by atoms with E-state index in [4.69, 9.17) is 4.74 Å². The van der Waals surface area contributed by atoms with Gasteiger partial charge in [-0.15, -0.1) is 0 Å². The molecule has 22 heavy (non-hydrogen) atoms. The Bertz CT molecular complexity index is 612. The summed E-state index contributed by atoms with van der Waals surface area (Å²) in [4.78, 5) is 0. The maximum absolute atomic E-state index is 9.77. The van der Waals surface area contributed by atoms with E-state index in [0.29, 0.717) is 0 Å². The molecule has 0 spiro atoms. The van der Waals surface area contributed by atoms with Crippen LogP contribution < -0.4 is 10.1 Å². The minimum Gasteiger partial charge on any atom is -0.496 e. The second-order valence-electron chi connectivity index (χ2n) is 5.79. The topological polar surface area (TPSA) is 41.5 Å². The molecule has 0 saturated carbocycles. The molecule has 0 aliphatic heterocycles. The van der Waals surface area contributed by atoms with Crippen LogP contribution in [0.15, 0.2) is 48.5 Å². The van der Waals surface area contributed by atoms with Crippen molar-refractivity contribution in [3.8, 4) is 5.75 Å². The van der Waals surface area contributed by atoms with E-state index in [9.17, 15) is 5.11 Å². The average molecular weight is 297 g/mol. The second kappa shape index (κ2) is 6.95. The number of benzene rings is 2. The third-order valence-electron chi connectivity index (χ3n) is 4.47. The van der Waals surface area contributed by atoms with Crippen molar-refractivity contribution >= 4 is 0 Å². The molecule has 1 aliphatic carbocycles. The number of hydrogen-bond donors (Lipinski definition) is 2. The zero-order valence-electron chi connectivity index (χ0n) is 13.0. The van der Waals surface area contributed by atoms with Gasteiger partial charge in [-0.05, 0) is 42.0 Å². The molecule has 1 unspecified atom stereocenters. The molecule has 3 nitrogen and oxygen atoms in total. The van der Waals surface area contributed by atoms with Gasteiger partial charge in [-0.25, -0.2) is 0 Å². The molecule has 2 aromatic rings. The Morgan fingerprint density at radius 3 is 2.73 bits per heavy atom. The molecule has 0 amide bonds. The molecular formula is C19H23NO2. The number of aliphatic hydroxyl groups is 1. The fourth-order valence-corrected chi connectivity index (χ4v) is 3.36. The highest BCUT2D eigenvalue weighted by Crippen LogP contribution is 2.36. The van der Waals surface area contributed by atoms with Crippen molar-refractivity contribution in [2.24, 2.45) is 0 Å². The lowest BCUT2D eigenvalue weighted by Gasteiger charge is -2.31. The number of ether oxygens (including phenoxy) is 1. The number of hydrogen-bond acceptors (Lipinski definition) is 3. The molecule has 0 bridgehead atoms. The van der Waals surface area contributed by atoms with Gasteiger partial charge in [0, 0.05) is 6.04 Å². The fraction of sp³-hybridized carbons (Fsp3) is 0.368. The highest BCUT2D eigenvalue weighted by atomic mass is 16.5. The average Bonchev–Trinajstić information content (AvgIpc) is 2.60. The van der Waals surface area contributed by atoms with E-state index in [1.807, 2.05) is 30.3 Å². The lowest BCUT2D eigenvalue weighted by Crippen LogP contribution is -2.31. The van der Waals surface area contributed by atoms with E-state index in [1.54, 1.807) is 7.11 Å². The van der Waals surface area contributed by atoms with Gasteiger partial charge >= 0.3 is 0 Å². The van der Waals surface area contributed by atoms with Crippen molar-refractivity contribution in [1.29, 1.82) is 0 Å². The van der Waals surface area contributed by atoms with Gasteiger partial charge in [-0.1, -0.05) is 42.5 Å². The molecule has 2 atom stereocenters. The lowest BCUT2D eigenvalue weighted by molar-refractivity contribution is 0.228. The Labute approximate surface area is 131 Å². The van der Waals surface area contributed by atoms with Crippen LogP contribution in [-0.2, 0) is 6.42 Å². The van der Waals surface area contributed by atoms with Gasteiger partial charge in [0.05, 0.1) is 19.8 Å². The van der Waals surface area contributed by atoms with Gasteiger partial charge in [-0.2, -0.15) is 0 Å². The van der Waals surface area contributed by atoms with E-state index in [-0.39, 0.29) is 18.7 Å². The van der Waals surface area contributed by atoms with Crippen LogP contribution >= 0.6 is 0 Å². The van der Waals surface area contributed by atoms with E-state index >= 15 is 0 Å². The summed E-state index contributed by atoms with van der Waals surface area (Å²) >= 11 is 0. The lowest BCUT2D eigenvalue weighted by atomic mass is 9.86. The van der Waals surface area contributed by atoms with Crippen molar-refractivity contribution in [3.63, 3.8) is 0 Å². The normalized spacial score (nSPS) is 18.5. The Balaban J connectivity index is 1.85. The summed E-state index contributed by atoms with van der Waals surface area (Å²) in [6.45, 7) is 0.0970. The summed E-state index contributed by atoms with van der Waals surface area (Å²) < 4.78 is 5.50. The van der Waals surface area contributed by atoms with Crippen molar-refractivity contribution in [1.82, 2.24) is 5.32 Å². The van der Waals surface area contributed by atoms with Gasteiger partial charge in [0.25, 0.3) is 0 Å². The molecule has 3 rings (SSSR count). The molecule has 0 saturated heterocycles. The quantitative estimate of drug-likeness (QED) is 0.889. The van der Waals surface area contributed by atoms with E-state index in [2.05, 4.69) is 23.5 Å². The smallest absolute Gasteiger partial charge is 0.122 e. The first-order valence-corrected chi connectivity index (χ1v) is 7.91. The number of methoxy groups -OCH3 is 1. The summed E-state index contributed by atoms with van der Waals surface area (Å²) in [6.07, 6.45) is 3.29. The van der Waals surface area contributed by atoms with Gasteiger partial charge in [0.15, 0.2) is 0 Å². The molecule has 116 valence electrons. The molecule has 0 fully saturated rings. The van der Waals surface area contributed by atoms with E-state index in [1.165, 1.54) is 11.1 Å². The third-order valence-corrected chi connectivity index (χ3v) is 4.47. The summed E-state index contributed by atoms with van der Waals surface area (Å²) in [5.74, 6) is 0.976. The predicted octanol–water partition coefficient (Wildman–Crippen LogP) is 3.40. The number of rotatable bonds is 5. The Morgan fingerprint density at radius 1 is 1.18 bits per heavy atom. The van der Waals surface area contributed by atoms with Crippen LogP contribution in [0.25, 0.3) is 0 Å². The number of nitrogens with one attached hydrogen (secondary N) is 1. The van der Waals surface area contributed by atoms with Crippen LogP contribution in [-0.4, -0.2) is 18.8 Å². The number of fused-ring (bicyclic) bond motifs is 1. The second-order valence-corrected chi connectivity index (χ2v) is 5.79. The minimum absolute atomic E-state index is 0.0386. The van der Waals surface area contributed by atoms with Crippen molar-refractivity contribution in [2.75, 3.05) is 13.7 Å². The monoisotopic (exact) mass is 297 g/mol. The Hall–Kier alpha value is -1.84.